The monoisotopic (exact) mass is 534 g/mol. The van der Waals surface area contributed by atoms with E-state index in [1.165, 1.54) is 0 Å². The van der Waals surface area contributed by atoms with Crippen LogP contribution in [0, 0.1) is 12.3 Å². The van der Waals surface area contributed by atoms with Crippen molar-refractivity contribution in [2.45, 2.75) is 33.7 Å². The Morgan fingerprint density at radius 2 is 1.69 bits per heavy atom. The molecule has 39 heavy (non-hydrogen) atoms. The van der Waals surface area contributed by atoms with Crippen molar-refractivity contribution in [1.29, 1.82) is 0 Å². The van der Waals surface area contributed by atoms with Crippen LogP contribution in [0.15, 0.2) is 54.6 Å². The molecule has 1 amide bonds. The summed E-state index contributed by atoms with van der Waals surface area (Å²) in [4.78, 5) is 32.1. The average Bonchev–Trinajstić information content (AvgIpc) is 3.32. The van der Waals surface area contributed by atoms with Crippen molar-refractivity contribution in [1.82, 2.24) is 20.6 Å². The molecule has 0 bridgehead atoms. The van der Waals surface area contributed by atoms with E-state index in [1.54, 1.807) is 7.11 Å². The highest BCUT2D eigenvalue weighted by atomic mass is 16.5. The van der Waals surface area contributed by atoms with E-state index in [-0.39, 0.29) is 5.91 Å². The molecule has 0 aliphatic carbocycles. The highest BCUT2D eigenvalue weighted by Crippen LogP contribution is 2.31. The van der Waals surface area contributed by atoms with Crippen LogP contribution in [0.25, 0.3) is 11.1 Å². The van der Waals surface area contributed by atoms with Crippen LogP contribution in [0.4, 0.5) is 11.5 Å². The van der Waals surface area contributed by atoms with Crippen molar-refractivity contribution in [3.05, 3.63) is 71.7 Å². The van der Waals surface area contributed by atoms with Gasteiger partial charge in [-0.05, 0) is 61.2 Å². The average molecular weight is 535 g/mol. The first-order valence-corrected chi connectivity index (χ1v) is 13.0. The maximum absolute atomic E-state index is 12.6. The number of nitrogens with two attached hydrogens (primary N) is 1. The standard InChI is InChI=1S/C25H29N5O.C4H11NO.CH2O/c1-17-28-22(14-23(29-17)30-13-12-25(2,3)16-30)15-27-24(31)20-6-4-18(5-7-20)19-8-10-21(26)11-9-19;1-5-3-4-6-2;1-2/h4-11,14H,12-13,15-16,26H2,1-3H3,(H,27,31);5H,3-4H2,1-2H3;1H2. The Labute approximate surface area is 232 Å². The number of methoxy groups -OCH3 is 1. The van der Waals surface area contributed by atoms with E-state index in [0.29, 0.717) is 17.5 Å². The van der Waals surface area contributed by atoms with Crippen molar-refractivity contribution >= 4 is 24.2 Å². The molecule has 1 aromatic heterocycles. The highest BCUT2D eigenvalue weighted by molar-refractivity contribution is 5.94. The fraction of sp³-hybridized carbons (Fsp3) is 0.400. The Hall–Kier alpha value is -3.82. The summed E-state index contributed by atoms with van der Waals surface area (Å²) in [6.07, 6.45) is 1.15. The minimum Gasteiger partial charge on any atom is -0.399 e. The quantitative estimate of drug-likeness (QED) is 0.294. The number of carbonyl (C=O) groups is 2. The van der Waals surface area contributed by atoms with Crippen LogP contribution in [-0.4, -0.2) is 63.1 Å². The van der Waals surface area contributed by atoms with Crippen molar-refractivity contribution in [2.75, 3.05) is 51.0 Å². The Bertz CT molecular complexity index is 1160. The number of hydrogen-bond donors (Lipinski definition) is 3. The van der Waals surface area contributed by atoms with Crippen molar-refractivity contribution in [3.8, 4) is 11.1 Å². The summed E-state index contributed by atoms with van der Waals surface area (Å²) in [7, 11) is 3.59. The van der Waals surface area contributed by atoms with Gasteiger partial charge in [0, 0.05) is 44.1 Å². The Morgan fingerprint density at radius 1 is 1.08 bits per heavy atom. The molecule has 2 heterocycles. The van der Waals surface area contributed by atoms with Crippen LogP contribution in [-0.2, 0) is 16.1 Å². The first-order chi connectivity index (χ1) is 18.7. The zero-order valence-corrected chi connectivity index (χ0v) is 23.8. The number of anilines is 2. The molecule has 0 saturated carbocycles. The molecule has 1 fully saturated rings. The molecule has 0 atom stereocenters. The van der Waals surface area contributed by atoms with Gasteiger partial charge in [-0.15, -0.1) is 0 Å². The van der Waals surface area contributed by atoms with Gasteiger partial charge in [0.1, 0.15) is 18.4 Å². The fourth-order valence-corrected chi connectivity index (χ4v) is 4.14. The van der Waals surface area contributed by atoms with Crippen LogP contribution in [0.1, 0.15) is 42.1 Å². The summed E-state index contributed by atoms with van der Waals surface area (Å²) >= 11 is 0. The molecule has 1 aliphatic rings. The Morgan fingerprint density at radius 3 is 2.21 bits per heavy atom. The van der Waals surface area contributed by atoms with E-state index >= 15 is 0 Å². The highest BCUT2D eigenvalue weighted by Gasteiger charge is 2.30. The number of hydrogen-bond acceptors (Lipinski definition) is 8. The molecule has 0 radical (unpaired) electrons. The number of likely N-dealkylation sites (N-methyl/N-ethyl adjacent to an activating group) is 1. The maximum Gasteiger partial charge on any atom is 0.251 e. The minimum atomic E-state index is -0.121. The number of benzene rings is 2. The van der Waals surface area contributed by atoms with Gasteiger partial charge in [-0.3, -0.25) is 4.79 Å². The van der Waals surface area contributed by atoms with Gasteiger partial charge in [0.25, 0.3) is 5.91 Å². The van der Waals surface area contributed by atoms with E-state index in [9.17, 15) is 4.79 Å². The molecule has 0 unspecified atom stereocenters. The summed E-state index contributed by atoms with van der Waals surface area (Å²) in [5.74, 6) is 1.54. The number of aryl methyl sites for hydroxylation is 1. The van der Waals surface area contributed by atoms with E-state index < -0.39 is 0 Å². The third-order valence-corrected chi connectivity index (χ3v) is 6.26. The summed E-state index contributed by atoms with van der Waals surface area (Å²) < 4.78 is 4.72. The second-order valence-electron chi connectivity index (χ2n) is 10.1. The molecule has 9 heteroatoms. The lowest BCUT2D eigenvalue weighted by Gasteiger charge is -2.21. The van der Waals surface area contributed by atoms with Gasteiger partial charge < -0.3 is 30.8 Å². The van der Waals surface area contributed by atoms with Gasteiger partial charge in [-0.25, -0.2) is 9.97 Å². The van der Waals surface area contributed by atoms with E-state index in [4.69, 9.17) is 15.3 Å². The minimum absolute atomic E-state index is 0.121. The normalized spacial score (nSPS) is 13.5. The second kappa shape index (κ2) is 15.6. The molecule has 3 aromatic rings. The predicted molar refractivity (Wildman–Crippen MR) is 158 cm³/mol. The maximum atomic E-state index is 12.6. The second-order valence-corrected chi connectivity index (χ2v) is 10.1. The van der Waals surface area contributed by atoms with Crippen molar-refractivity contribution < 1.29 is 14.3 Å². The van der Waals surface area contributed by atoms with E-state index in [0.717, 1.165) is 66.8 Å². The zero-order chi connectivity index (χ0) is 28.8. The van der Waals surface area contributed by atoms with Crippen LogP contribution >= 0.6 is 0 Å². The summed E-state index contributed by atoms with van der Waals surface area (Å²) in [6.45, 7) is 12.5. The number of nitrogen functional groups attached to an aromatic ring is 1. The molecule has 2 aromatic carbocycles. The van der Waals surface area contributed by atoms with Gasteiger partial charge >= 0.3 is 0 Å². The molecule has 1 saturated heterocycles. The molecule has 210 valence electrons. The molecular weight excluding hydrogens is 492 g/mol. The lowest BCUT2D eigenvalue weighted by Crippen LogP contribution is -2.26. The number of carbonyl (C=O) groups excluding carboxylic acids is 2. The molecule has 4 N–H and O–H groups in total. The lowest BCUT2D eigenvalue weighted by atomic mass is 9.93. The van der Waals surface area contributed by atoms with Crippen LogP contribution < -0.4 is 21.3 Å². The lowest BCUT2D eigenvalue weighted by molar-refractivity contribution is -0.0980. The van der Waals surface area contributed by atoms with E-state index in [1.807, 2.05) is 75.4 Å². The molecular formula is C30H42N6O3. The van der Waals surface area contributed by atoms with Crippen LogP contribution in [0.5, 0.6) is 0 Å². The topological polar surface area (TPSA) is 122 Å². The number of nitrogens with one attached hydrogen (secondary N) is 2. The van der Waals surface area contributed by atoms with Crippen LogP contribution in [0.3, 0.4) is 0 Å². The number of rotatable bonds is 8. The molecule has 0 spiro atoms. The van der Waals surface area contributed by atoms with Gasteiger partial charge in [-0.2, -0.15) is 0 Å². The van der Waals surface area contributed by atoms with E-state index in [2.05, 4.69) is 39.3 Å². The van der Waals surface area contributed by atoms with Gasteiger partial charge in [0.05, 0.1) is 18.8 Å². The first kappa shape index (κ1) is 31.4. The fourth-order valence-electron chi connectivity index (χ4n) is 4.14. The number of aromatic nitrogens is 2. The molecule has 4 rings (SSSR count). The number of ether oxygens (including phenoxy) is 1. The Balaban J connectivity index is 0.000000590. The number of nitrogens with zero attached hydrogens (tertiary/aromatic N) is 3. The van der Waals surface area contributed by atoms with Crippen LogP contribution in [0.2, 0.25) is 0 Å². The van der Waals surface area contributed by atoms with Gasteiger partial charge in [-0.1, -0.05) is 38.1 Å². The third kappa shape index (κ3) is 10.1. The zero-order valence-electron chi connectivity index (χ0n) is 23.8. The molecule has 1 aliphatic heterocycles. The summed E-state index contributed by atoms with van der Waals surface area (Å²) in [6, 6.07) is 17.2. The third-order valence-electron chi connectivity index (χ3n) is 6.26. The van der Waals surface area contributed by atoms with Crippen molar-refractivity contribution in [3.63, 3.8) is 0 Å². The number of amides is 1. The van der Waals surface area contributed by atoms with Gasteiger partial charge in [0.15, 0.2) is 0 Å². The summed E-state index contributed by atoms with van der Waals surface area (Å²) in [5.41, 5.74) is 10.3. The smallest absolute Gasteiger partial charge is 0.251 e. The predicted octanol–water partition coefficient (Wildman–Crippen LogP) is 3.87. The summed E-state index contributed by atoms with van der Waals surface area (Å²) in [5, 5.41) is 5.92. The van der Waals surface area contributed by atoms with Crippen molar-refractivity contribution in [2.24, 2.45) is 5.41 Å². The largest absolute Gasteiger partial charge is 0.399 e. The first-order valence-electron chi connectivity index (χ1n) is 13.0. The SMILES string of the molecule is C=O.CNCCOC.Cc1nc(CNC(=O)c2ccc(-c3ccc(N)cc3)cc2)cc(N2CCC(C)(C)C2)n1. The molecule has 9 nitrogen and oxygen atoms in total. The Kier molecular flexibility index (Phi) is 12.5. The van der Waals surface area contributed by atoms with Gasteiger partial charge in [0.2, 0.25) is 0 Å².